The van der Waals surface area contributed by atoms with Gasteiger partial charge in [-0.3, -0.25) is 0 Å². The van der Waals surface area contributed by atoms with Crippen LogP contribution in [0.25, 0.3) is 0 Å². The van der Waals surface area contributed by atoms with Crippen molar-refractivity contribution in [3.8, 4) is 0 Å². The van der Waals surface area contributed by atoms with Crippen molar-refractivity contribution in [3.05, 3.63) is 16.3 Å². The lowest BCUT2D eigenvalue weighted by molar-refractivity contribution is 0.464. The van der Waals surface area contributed by atoms with Gasteiger partial charge in [-0.25, -0.2) is 8.42 Å². The summed E-state index contributed by atoms with van der Waals surface area (Å²) in [5.41, 5.74) is 0. The summed E-state index contributed by atoms with van der Waals surface area (Å²) in [7, 11) is -1.45. The number of rotatable bonds is 4. The van der Waals surface area contributed by atoms with E-state index in [9.17, 15) is 8.42 Å². The number of nitrogens with zero attached hydrogens (tertiary/aromatic N) is 1. The molecule has 1 saturated heterocycles. The van der Waals surface area contributed by atoms with Crippen LogP contribution in [0, 0.1) is 5.92 Å². The fourth-order valence-corrected chi connectivity index (χ4v) is 5.10. The van der Waals surface area contributed by atoms with E-state index in [1.54, 1.807) is 10.4 Å². The number of hydrogen-bond acceptors (Lipinski definition) is 4. The Morgan fingerprint density at radius 1 is 1.59 bits per heavy atom. The van der Waals surface area contributed by atoms with E-state index in [1.165, 1.54) is 11.3 Å². The van der Waals surface area contributed by atoms with Gasteiger partial charge in [-0.2, -0.15) is 4.31 Å². The number of hydrogen-bond donors (Lipinski definition) is 1. The quantitative estimate of drug-likeness (QED) is 0.905. The van der Waals surface area contributed by atoms with Crippen LogP contribution >= 0.6 is 11.3 Å². The van der Waals surface area contributed by atoms with Gasteiger partial charge in [-0.1, -0.05) is 6.92 Å². The largest absolute Gasteiger partial charge is 0.315 e. The molecule has 17 heavy (non-hydrogen) atoms. The van der Waals surface area contributed by atoms with Crippen molar-refractivity contribution in [3.63, 3.8) is 0 Å². The first kappa shape index (κ1) is 13.0. The van der Waals surface area contributed by atoms with Crippen molar-refractivity contribution in [2.45, 2.75) is 24.8 Å². The standard InChI is InChI=1S/C11H18N2O2S2/c1-9-3-5-13(8-9)17(14,15)11-4-6-16-10(11)7-12-2/h4,6,9,12H,3,5,7-8H2,1-2H3. The number of thiophene rings is 1. The first-order valence-corrected chi connectivity index (χ1v) is 8.08. The number of nitrogens with one attached hydrogen (secondary N) is 1. The van der Waals surface area contributed by atoms with Gasteiger partial charge in [0, 0.05) is 24.5 Å². The molecule has 2 heterocycles. The van der Waals surface area contributed by atoms with Gasteiger partial charge in [0.05, 0.1) is 4.90 Å². The van der Waals surface area contributed by atoms with Crippen LogP contribution < -0.4 is 5.32 Å². The zero-order chi connectivity index (χ0) is 12.5. The zero-order valence-corrected chi connectivity index (χ0v) is 11.8. The van der Waals surface area contributed by atoms with Gasteiger partial charge in [0.25, 0.3) is 0 Å². The minimum Gasteiger partial charge on any atom is -0.315 e. The lowest BCUT2D eigenvalue weighted by Gasteiger charge is -2.16. The Morgan fingerprint density at radius 2 is 2.35 bits per heavy atom. The minimum absolute atomic E-state index is 0.469. The molecule has 2 rings (SSSR count). The molecule has 1 unspecified atom stereocenters. The molecule has 1 aliphatic heterocycles. The first-order chi connectivity index (χ1) is 8.05. The molecule has 0 radical (unpaired) electrons. The second-order valence-corrected chi connectivity index (χ2v) is 7.40. The van der Waals surface area contributed by atoms with Crippen molar-refractivity contribution >= 4 is 21.4 Å². The fourth-order valence-electron chi connectivity index (χ4n) is 2.10. The molecule has 4 nitrogen and oxygen atoms in total. The Morgan fingerprint density at radius 3 is 2.94 bits per heavy atom. The van der Waals surface area contributed by atoms with E-state index in [0.717, 1.165) is 11.3 Å². The van der Waals surface area contributed by atoms with Crippen LogP contribution in [-0.4, -0.2) is 32.9 Å². The van der Waals surface area contributed by atoms with Crippen molar-refractivity contribution < 1.29 is 8.42 Å². The van der Waals surface area contributed by atoms with Gasteiger partial charge in [-0.05, 0) is 30.8 Å². The van der Waals surface area contributed by atoms with E-state index >= 15 is 0 Å². The molecule has 0 bridgehead atoms. The highest BCUT2D eigenvalue weighted by molar-refractivity contribution is 7.89. The van der Waals surface area contributed by atoms with Gasteiger partial charge in [0.15, 0.2) is 0 Å². The molecule has 1 N–H and O–H groups in total. The lowest BCUT2D eigenvalue weighted by Crippen LogP contribution is -2.29. The number of sulfonamides is 1. The monoisotopic (exact) mass is 274 g/mol. The summed E-state index contributed by atoms with van der Waals surface area (Å²) >= 11 is 1.49. The average molecular weight is 274 g/mol. The predicted molar refractivity (Wildman–Crippen MR) is 69.6 cm³/mol. The van der Waals surface area contributed by atoms with Crippen LogP contribution in [0.3, 0.4) is 0 Å². The second-order valence-electron chi connectivity index (χ2n) is 4.50. The topological polar surface area (TPSA) is 49.4 Å². The molecule has 1 fully saturated rings. The van der Waals surface area contributed by atoms with E-state index < -0.39 is 10.0 Å². The summed E-state index contributed by atoms with van der Waals surface area (Å²) in [5, 5.41) is 4.86. The maximum absolute atomic E-state index is 12.4. The molecule has 1 aliphatic rings. The van der Waals surface area contributed by atoms with Crippen LogP contribution in [0.4, 0.5) is 0 Å². The highest BCUT2D eigenvalue weighted by Crippen LogP contribution is 2.28. The molecule has 0 spiro atoms. The first-order valence-electron chi connectivity index (χ1n) is 5.77. The third-order valence-corrected chi connectivity index (χ3v) is 6.05. The van der Waals surface area contributed by atoms with Crippen LogP contribution in [0.1, 0.15) is 18.2 Å². The Hall–Kier alpha value is -0.430. The summed E-state index contributed by atoms with van der Waals surface area (Å²) in [5.74, 6) is 0.469. The smallest absolute Gasteiger partial charge is 0.244 e. The third kappa shape index (κ3) is 2.54. The van der Waals surface area contributed by atoms with Crippen molar-refractivity contribution in [1.29, 1.82) is 0 Å². The molecular weight excluding hydrogens is 256 g/mol. The van der Waals surface area contributed by atoms with E-state index in [0.29, 0.717) is 30.4 Å². The van der Waals surface area contributed by atoms with E-state index in [-0.39, 0.29) is 0 Å². The van der Waals surface area contributed by atoms with Gasteiger partial charge < -0.3 is 5.32 Å². The Labute approximate surface area is 107 Å². The summed E-state index contributed by atoms with van der Waals surface area (Å²) < 4.78 is 26.5. The second kappa shape index (κ2) is 5.06. The van der Waals surface area contributed by atoms with Crippen LogP contribution in [0.2, 0.25) is 0 Å². The molecular formula is C11H18N2O2S2. The summed E-state index contributed by atoms with van der Waals surface area (Å²) in [6.45, 7) is 4.00. The van der Waals surface area contributed by atoms with E-state index in [1.807, 2.05) is 12.4 Å². The molecule has 0 aromatic carbocycles. The van der Waals surface area contributed by atoms with E-state index in [2.05, 4.69) is 12.2 Å². The molecule has 1 aromatic heterocycles. The van der Waals surface area contributed by atoms with Crippen LogP contribution in [0.5, 0.6) is 0 Å². The third-order valence-electron chi connectivity index (χ3n) is 3.05. The molecule has 0 saturated carbocycles. The van der Waals surface area contributed by atoms with Crippen molar-refractivity contribution in [2.24, 2.45) is 5.92 Å². The zero-order valence-electron chi connectivity index (χ0n) is 10.1. The van der Waals surface area contributed by atoms with Crippen LogP contribution in [-0.2, 0) is 16.6 Å². The SMILES string of the molecule is CNCc1sccc1S(=O)(=O)N1CCC(C)C1. The fraction of sp³-hybridized carbons (Fsp3) is 0.636. The van der Waals surface area contributed by atoms with Gasteiger partial charge in [-0.15, -0.1) is 11.3 Å². The maximum Gasteiger partial charge on any atom is 0.244 e. The molecule has 1 atom stereocenters. The summed E-state index contributed by atoms with van der Waals surface area (Å²) in [4.78, 5) is 1.37. The van der Waals surface area contributed by atoms with Gasteiger partial charge in [0.2, 0.25) is 10.0 Å². The highest BCUT2D eigenvalue weighted by Gasteiger charge is 2.32. The predicted octanol–water partition coefficient (Wildman–Crippen LogP) is 1.50. The molecule has 0 aliphatic carbocycles. The Balaban J connectivity index is 2.28. The van der Waals surface area contributed by atoms with E-state index in [4.69, 9.17) is 0 Å². The lowest BCUT2D eigenvalue weighted by atomic mass is 10.2. The highest BCUT2D eigenvalue weighted by atomic mass is 32.2. The average Bonchev–Trinajstić information content (AvgIpc) is 2.87. The molecule has 0 amide bonds. The molecule has 6 heteroatoms. The van der Waals surface area contributed by atoms with Crippen LogP contribution in [0.15, 0.2) is 16.3 Å². The Kier molecular flexibility index (Phi) is 3.87. The minimum atomic E-state index is -3.28. The maximum atomic E-state index is 12.4. The van der Waals surface area contributed by atoms with Gasteiger partial charge >= 0.3 is 0 Å². The Bertz CT molecular complexity index is 481. The molecule has 1 aromatic rings. The normalized spacial score (nSPS) is 22.1. The van der Waals surface area contributed by atoms with Crippen molar-refractivity contribution in [1.82, 2.24) is 9.62 Å². The molecule has 96 valence electrons. The summed E-state index contributed by atoms with van der Waals surface area (Å²) in [6, 6.07) is 1.72. The van der Waals surface area contributed by atoms with Crippen molar-refractivity contribution in [2.75, 3.05) is 20.1 Å². The summed E-state index contributed by atoms with van der Waals surface area (Å²) in [6.07, 6.45) is 0.963. The van der Waals surface area contributed by atoms with Gasteiger partial charge in [0.1, 0.15) is 0 Å².